The Hall–Kier alpha value is -1.60. The highest BCUT2D eigenvalue weighted by Gasteiger charge is 1.83. The first-order valence-corrected chi connectivity index (χ1v) is 8.06. The third-order valence-electron chi connectivity index (χ3n) is 2.09. The Bertz CT molecular complexity index is 332. The van der Waals surface area contributed by atoms with Gasteiger partial charge in [0.25, 0.3) is 0 Å². The number of ether oxygens (including phenoxy) is 1. The largest absolute Gasteiger partial charge is 0.388 e. The quantitative estimate of drug-likeness (QED) is 0.526. The van der Waals surface area contributed by atoms with Crippen LogP contribution in [0.25, 0.3) is 0 Å². The van der Waals surface area contributed by atoms with Gasteiger partial charge in [0.1, 0.15) is 0 Å². The SMILES string of the molecule is CC.CCC.COC.Cc1ccccc1C.c1ccccc1. The van der Waals surface area contributed by atoms with Crippen molar-refractivity contribution in [1.82, 2.24) is 0 Å². The predicted octanol–water partition coefficient (Wildman–Crippen LogP) is 6.70. The maximum atomic E-state index is 4.25. The van der Waals surface area contributed by atoms with Crippen molar-refractivity contribution >= 4 is 0 Å². The highest BCUT2D eigenvalue weighted by molar-refractivity contribution is 5.23. The van der Waals surface area contributed by atoms with Crippen molar-refractivity contribution in [3.8, 4) is 0 Å². The maximum absolute atomic E-state index is 4.25. The van der Waals surface area contributed by atoms with Crippen molar-refractivity contribution in [2.45, 2.75) is 48.0 Å². The third kappa shape index (κ3) is 23.5. The number of benzene rings is 2. The van der Waals surface area contributed by atoms with E-state index in [1.807, 2.05) is 50.2 Å². The van der Waals surface area contributed by atoms with Crippen molar-refractivity contribution in [2.24, 2.45) is 0 Å². The first-order valence-electron chi connectivity index (χ1n) is 8.06. The molecule has 0 saturated carbocycles. The van der Waals surface area contributed by atoms with Gasteiger partial charge in [0.2, 0.25) is 0 Å². The van der Waals surface area contributed by atoms with E-state index in [2.05, 4.69) is 56.7 Å². The van der Waals surface area contributed by atoms with Gasteiger partial charge in [-0.05, 0) is 25.0 Å². The molecule has 126 valence electrons. The molecule has 1 heteroatoms. The van der Waals surface area contributed by atoms with Gasteiger partial charge in [-0.15, -0.1) is 0 Å². The van der Waals surface area contributed by atoms with Gasteiger partial charge < -0.3 is 4.74 Å². The van der Waals surface area contributed by atoms with Crippen LogP contribution < -0.4 is 0 Å². The second-order valence-corrected chi connectivity index (χ2v) is 4.35. The Kier molecular flexibility index (Phi) is 28.1. The zero-order valence-electron chi connectivity index (χ0n) is 15.9. The smallest absolute Gasteiger partial charge is 0.0351 e. The van der Waals surface area contributed by atoms with E-state index < -0.39 is 0 Å². The van der Waals surface area contributed by atoms with Crippen molar-refractivity contribution < 1.29 is 4.74 Å². The lowest BCUT2D eigenvalue weighted by Crippen LogP contribution is -1.74. The van der Waals surface area contributed by atoms with Crippen LogP contribution in [0.15, 0.2) is 60.7 Å². The standard InChI is InChI=1S/C8H10.C6H6.C3H8.C2H6O.C2H6/c1-7-5-3-4-6-8(7)2;1-2-4-6-5-3-1;2*1-3-2;1-2/h3-6H,1-2H3;1-6H;3H2,1-2H3;1-2H3;1-2H3. The average Bonchev–Trinajstić information content (AvgIpc) is 2.56. The van der Waals surface area contributed by atoms with Gasteiger partial charge >= 0.3 is 0 Å². The fraction of sp³-hybridized carbons (Fsp3) is 0.429. The molecule has 0 atom stereocenters. The van der Waals surface area contributed by atoms with E-state index in [0.29, 0.717) is 0 Å². The molecule has 0 aliphatic rings. The Labute approximate surface area is 139 Å². The van der Waals surface area contributed by atoms with Gasteiger partial charge in [0, 0.05) is 14.2 Å². The van der Waals surface area contributed by atoms with E-state index in [1.165, 1.54) is 17.5 Å². The van der Waals surface area contributed by atoms with E-state index >= 15 is 0 Å². The molecule has 2 rings (SSSR count). The molecule has 0 aromatic heterocycles. The molecule has 2 aromatic rings. The third-order valence-corrected chi connectivity index (χ3v) is 2.09. The van der Waals surface area contributed by atoms with Gasteiger partial charge in [0.15, 0.2) is 0 Å². The topological polar surface area (TPSA) is 9.23 Å². The summed E-state index contributed by atoms with van der Waals surface area (Å²) in [5, 5.41) is 0. The summed E-state index contributed by atoms with van der Waals surface area (Å²) in [6.45, 7) is 12.5. The first-order chi connectivity index (χ1) is 10.6. The average molecular weight is 305 g/mol. The Morgan fingerprint density at radius 1 is 0.636 bits per heavy atom. The van der Waals surface area contributed by atoms with Gasteiger partial charge in [-0.25, -0.2) is 0 Å². The minimum absolute atomic E-state index is 1.25. The minimum Gasteiger partial charge on any atom is -0.388 e. The van der Waals surface area contributed by atoms with E-state index in [0.717, 1.165) is 0 Å². The van der Waals surface area contributed by atoms with Crippen LogP contribution in [0.2, 0.25) is 0 Å². The van der Waals surface area contributed by atoms with Gasteiger partial charge in [0.05, 0.1) is 0 Å². The number of hydrogen-bond acceptors (Lipinski definition) is 1. The Balaban J connectivity index is -0.000000229. The summed E-state index contributed by atoms with van der Waals surface area (Å²) in [7, 11) is 3.25. The molecule has 0 heterocycles. The number of methoxy groups -OCH3 is 1. The van der Waals surface area contributed by atoms with Crippen LogP contribution in [0.4, 0.5) is 0 Å². The molecule has 0 N–H and O–H groups in total. The van der Waals surface area contributed by atoms with Crippen molar-refractivity contribution in [3.63, 3.8) is 0 Å². The fourth-order valence-corrected chi connectivity index (χ4v) is 1.05. The molecule has 1 nitrogen and oxygen atoms in total. The zero-order valence-corrected chi connectivity index (χ0v) is 15.9. The monoisotopic (exact) mass is 304 g/mol. The summed E-state index contributed by atoms with van der Waals surface area (Å²) in [5.41, 5.74) is 2.74. The van der Waals surface area contributed by atoms with Crippen LogP contribution in [0.3, 0.4) is 0 Å². The summed E-state index contributed by atoms with van der Waals surface area (Å²) in [5.74, 6) is 0. The second kappa shape index (κ2) is 24.4. The molecule has 0 radical (unpaired) electrons. The van der Waals surface area contributed by atoms with E-state index in [9.17, 15) is 0 Å². The summed E-state index contributed by atoms with van der Waals surface area (Å²) >= 11 is 0. The zero-order chi connectivity index (χ0) is 17.6. The lowest BCUT2D eigenvalue weighted by atomic mass is 10.1. The summed E-state index contributed by atoms with van der Waals surface area (Å²) in [6.07, 6.45) is 1.25. The second-order valence-electron chi connectivity index (χ2n) is 4.35. The molecule has 0 spiro atoms. The van der Waals surface area contributed by atoms with Crippen molar-refractivity contribution in [2.75, 3.05) is 14.2 Å². The van der Waals surface area contributed by atoms with Crippen LogP contribution >= 0.6 is 0 Å². The number of rotatable bonds is 0. The fourth-order valence-electron chi connectivity index (χ4n) is 1.05. The Morgan fingerprint density at radius 3 is 0.955 bits per heavy atom. The molecule has 0 fully saturated rings. The Morgan fingerprint density at radius 2 is 0.818 bits per heavy atom. The van der Waals surface area contributed by atoms with Gasteiger partial charge in [-0.2, -0.15) is 0 Å². The maximum Gasteiger partial charge on any atom is 0.0351 e. The predicted molar refractivity (Wildman–Crippen MR) is 103 cm³/mol. The molecular weight excluding hydrogens is 268 g/mol. The minimum atomic E-state index is 1.25. The molecular formula is C21H36O. The lowest BCUT2D eigenvalue weighted by molar-refractivity contribution is 0.277. The highest BCUT2D eigenvalue weighted by atomic mass is 16.4. The van der Waals surface area contributed by atoms with Crippen molar-refractivity contribution in [3.05, 3.63) is 71.8 Å². The number of aryl methyl sites for hydroxylation is 2. The molecule has 0 bridgehead atoms. The van der Waals surface area contributed by atoms with E-state index in [-0.39, 0.29) is 0 Å². The van der Waals surface area contributed by atoms with Crippen molar-refractivity contribution in [1.29, 1.82) is 0 Å². The lowest BCUT2D eigenvalue weighted by Gasteiger charge is -1.93. The van der Waals surface area contributed by atoms with E-state index in [4.69, 9.17) is 0 Å². The first kappa shape index (κ1) is 25.4. The van der Waals surface area contributed by atoms with Gasteiger partial charge in [-0.3, -0.25) is 0 Å². The van der Waals surface area contributed by atoms with Crippen LogP contribution in [0.1, 0.15) is 45.2 Å². The van der Waals surface area contributed by atoms with Crippen LogP contribution in [-0.2, 0) is 4.74 Å². The summed E-state index contributed by atoms with van der Waals surface area (Å²) in [6, 6.07) is 20.4. The molecule has 0 aliphatic carbocycles. The molecule has 22 heavy (non-hydrogen) atoms. The molecule has 0 unspecified atom stereocenters. The summed E-state index contributed by atoms with van der Waals surface area (Å²) < 4.78 is 4.25. The number of hydrogen-bond donors (Lipinski definition) is 0. The molecule has 2 aromatic carbocycles. The van der Waals surface area contributed by atoms with Crippen LogP contribution in [-0.4, -0.2) is 14.2 Å². The van der Waals surface area contributed by atoms with Crippen LogP contribution in [0.5, 0.6) is 0 Å². The molecule has 0 amide bonds. The van der Waals surface area contributed by atoms with Gasteiger partial charge in [-0.1, -0.05) is 94.8 Å². The highest BCUT2D eigenvalue weighted by Crippen LogP contribution is 2.02. The normalized spacial score (nSPS) is 7.45. The van der Waals surface area contributed by atoms with E-state index in [1.54, 1.807) is 14.2 Å². The summed E-state index contributed by atoms with van der Waals surface area (Å²) in [4.78, 5) is 0. The molecule has 0 saturated heterocycles. The molecule has 0 aliphatic heterocycles. The van der Waals surface area contributed by atoms with Crippen LogP contribution in [0, 0.1) is 13.8 Å².